The Morgan fingerprint density at radius 3 is 2.46 bits per heavy atom. The molecule has 1 aliphatic heterocycles. The first-order valence-corrected chi connectivity index (χ1v) is 10.9. The van der Waals surface area contributed by atoms with Crippen LogP contribution in [0.15, 0.2) is 42.5 Å². The monoisotopic (exact) mass is 489 g/mol. The number of carboxylic acid groups (broad SMARTS) is 1. The highest BCUT2D eigenvalue weighted by Gasteiger charge is 2.38. The summed E-state index contributed by atoms with van der Waals surface area (Å²) in [6.45, 7) is 7.13. The number of aliphatic carboxylic acids is 1. The number of nitrogens with zero attached hydrogens (tertiary/aromatic N) is 2. The lowest BCUT2D eigenvalue weighted by Gasteiger charge is -2.23. The van der Waals surface area contributed by atoms with Gasteiger partial charge in [0.15, 0.2) is 5.82 Å². The van der Waals surface area contributed by atoms with Crippen molar-refractivity contribution in [1.82, 2.24) is 20.5 Å². The molecule has 1 aliphatic rings. The number of nitrogens with one attached hydrogen (secondary N) is 3. The van der Waals surface area contributed by atoms with Gasteiger partial charge in [0.2, 0.25) is 0 Å². The lowest BCUT2D eigenvalue weighted by Crippen LogP contribution is -2.33. The zero-order chi connectivity index (χ0) is 25.8. The van der Waals surface area contributed by atoms with Crippen LogP contribution in [0.2, 0.25) is 0 Å². The van der Waals surface area contributed by atoms with Crippen molar-refractivity contribution in [3.63, 3.8) is 0 Å². The number of aromatic amines is 1. The molecule has 186 valence electrons. The fourth-order valence-electron chi connectivity index (χ4n) is 3.45. The molecule has 35 heavy (non-hydrogen) atoms. The third-order valence-corrected chi connectivity index (χ3v) is 5.34. The van der Waals surface area contributed by atoms with Gasteiger partial charge >= 0.3 is 12.1 Å². The molecule has 4 rings (SSSR count). The summed E-state index contributed by atoms with van der Waals surface area (Å²) in [6, 6.07) is 14.0. The molecule has 1 aromatic heterocycles. The maximum atomic E-state index is 12.9. The van der Waals surface area contributed by atoms with Crippen LogP contribution in [0.4, 0.5) is 18.9 Å². The molecular formula is C24H26F3N5O3. The summed E-state index contributed by atoms with van der Waals surface area (Å²) in [5.74, 6) is -1.21. The quantitative estimate of drug-likeness (QED) is 0.428. The number of carbonyl (C=O) groups excluding carboxylic acids is 1. The van der Waals surface area contributed by atoms with Crippen LogP contribution < -0.4 is 10.6 Å². The second-order valence-corrected chi connectivity index (χ2v) is 8.47. The predicted octanol–water partition coefficient (Wildman–Crippen LogP) is 4.51. The van der Waals surface area contributed by atoms with Gasteiger partial charge in [-0.3, -0.25) is 9.89 Å². The van der Waals surface area contributed by atoms with Crippen molar-refractivity contribution < 1.29 is 27.9 Å². The summed E-state index contributed by atoms with van der Waals surface area (Å²) < 4.78 is 31.7. The number of H-pyrrole nitrogens is 1. The Labute approximate surface area is 200 Å². The second kappa shape index (κ2) is 10.7. The zero-order valence-electron chi connectivity index (χ0n) is 19.4. The van der Waals surface area contributed by atoms with Gasteiger partial charge < -0.3 is 15.7 Å². The molecule has 3 aromatic rings. The smallest absolute Gasteiger partial charge is 0.475 e. The number of carboxylic acids is 1. The summed E-state index contributed by atoms with van der Waals surface area (Å²) in [4.78, 5) is 26.4. The van der Waals surface area contributed by atoms with E-state index in [4.69, 9.17) is 9.90 Å². The van der Waals surface area contributed by atoms with Crippen molar-refractivity contribution in [3.8, 4) is 11.4 Å². The molecule has 1 atom stereocenters. The van der Waals surface area contributed by atoms with Crippen molar-refractivity contribution in [1.29, 1.82) is 0 Å². The number of carbonyl (C=O) groups is 2. The molecule has 0 fully saturated rings. The maximum Gasteiger partial charge on any atom is 0.490 e. The van der Waals surface area contributed by atoms with Crippen molar-refractivity contribution >= 4 is 17.6 Å². The van der Waals surface area contributed by atoms with Gasteiger partial charge in [0, 0.05) is 29.6 Å². The number of para-hydroxylation sites is 1. The zero-order valence-corrected chi connectivity index (χ0v) is 19.4. The summed E-state index contributed by atoms with van der Waals surface area (Å²) >= 11 is 0. The van der Waals surface area contributed by atoms with Gasteiger partial charge in [-0.2, -0.15) is 18.3 Å². The lowest BCUT2D eigenvalue weighted by molar-refractivity contribution is -0.192. The summed E-state index contributed by atoms with van der Waals surface area (Å²) in [6.07, 6.45) is -4.15. The van der Waals surface area contributed by atoms with E-state index < -0.39 is 12.1 Å². The number of aromatic nitrogens is 3. The first-order chi connectivity index (χ1) is 16.5. The van der Waals surface area contributed by atoms with Gasteiger partial charge in [0.1, 0.15) is 5.82 Å². The molecule has 2 heterocycles. The second-order valence-electron chi connectivity index (χ2n) is 8.47. The number of amides is 1. The Kier molecular flexibility index (Phi) is 7.90. The molecule has 4 N–H and O–H groups in total. The van der Waals surface area contributed by atoms with Gasteiger partial charge in [-0.15, -0.1) is 0 Å². The summed E-state index contributed by atoms with van der Waals surface area (Å²) in [5, 5.41) is 20.9. The highest BCUT2D eigenvalue weighted by atomic mass is 19.4. The molecule has 0 bridgehead atoms. The number of alkyl halides is 3. The summed E-state index contributed by atoms with van der Waals surface area (Å²) in [5.41, 5.74) is 4.67. The molecule has 0 saturated heterocycles. The fraction of sp³-hybridized carbons (Fsp3) is 0.333. The van der Waals surface area contributed by atoms with Crippen LogP contribution in [-0.2, 0) is 17.8 Å². The first kappa shape index (κ1) is 25.9. The number of anilines is 1. The Bertz CT molecular complexity index is 1210. The number of hydrogen-bond donors (Lipinski definition) is 4. The lowest BCUT2D eigenvalue weighted by atomic mass is 9.94. The SMILES string of the molecule is CC1Cc2cc(C(=O)Nc3ccccc3-c3n[nH]c(C(C)C)n3)ccc2CN1.O=C(O)C(F)(F)F. The molecule has 1 unspecified atom stereocenters. The van der Waals surface area contributed by atoms with E-state index in [2.05, 4.69) is 46.6 Å². The van der Waals surface area contributed by atoms with Crippen molar-refractivity contribution in [2.24, 2.45) is 0 Å². The van der Waals surface area contributed by atoms with Crippen molar-refractivity contribution in [2.45, 2.75) is 51.9 Å². The largest absolute Gasteiger partial charge is 0.490 e. The van der Waals surface area contributed by atoms with Gasteiger partial charge in [0.25, 0.3) is 5.91 Å². The minimum atomic E-state index is -5.08. The molecule has 1 amide bonds. The standard InChI is InChI=1S/C22H25N5O.C2HF3O2/c1-13(2)20-25-21(27-26-20)18-6-4-5-7-19(18)24-22(28)15-8-9-16-12-23-14(3)10-17(16)11-15;3-2(4,5)1(6)7/h4-9,11,13-14,23H,10,12H2,1-3H3,(H,24,28)(H,25,26,27);(H,6,7). The minimum absolute atomic E-state index is 0.124. The molecule has 0 radical (unpaired) electrons. The van der Waals surface area contributed by atoms with Crippen molar-refractivity contribution in [3.05, 3.63) is 65.0 Å². The van der Waals surface area contributed by atoms with E-state index in [1.54, 1.807) is 0 Å². The Morgan fingerprint density at radius 2 is 1.83 bits per heavy atom. The van der Waals surface area contributed by atoms with Crippen LogP contribution in [0, 0.1) is 0 Å². The minimum Gasteiger partial charge on any atom is -0.475 e. The number of halogens is 3. The molecule has 0 aliphatic carbocycles. The van der Waals surface area contributed by atoms with Gasteiger partial charge in [-0.05, 0) is 48.7 Å². The highest BCUT2D eigenvalue weighted by molar-refractivity contribution is 6.06. The highest BCUT2D eigenvalue weighted by Crippen LogP contribution is 2.27. The molecular weight excluding hydrogens is 463 g/mol. The average Bonchev–Trinajstić information content (AvgIpc) is 3.29. The average molecular weight is 489 g/mol. The van der Waals surface area contributed by atoms with Gasteiger partial charge in [0.05, 0.1) is 5.69 Å². The van der Waals surface area contributed by atoms with E-state index in [1.165, 1.54) is 11.1 Å². The number of benzene rings is 2. The Balaban J connectivity index is 0.000000429. The fourth-order valence-corrected chi connectivity index (χ4v) is 3.45. The van der Waals surface area contributed by atoms with E-state index in [0.29, 0.717) is 23.1 Å². The maximum absolute atomic E-state index is 12.9. The van der Waals surface area contributed by atoms with E-state index >= 15 is 0 Å². The van der Waals surface area contributed by atoms with Crippen LogP contribution in [0.5, 0.6) is 0 Å². The Morgan fingerprint density at radius 1 is 1.14 bits per heavy atom. The van der Waals surface area contributed by atoms with Crippen LogP contribution in [0.1, 0.15) is 54.0 Å². The number of rotatable bonds is 4. The predicted molar refractivity (Wildman–Crippen MR) is 124 cm³/mol. The normalized spacial score (nSPS) is 15.1. The van der Waals surface area contributed by atoms with E-state index in [1.807, 2.05) is 42.5 Å². The third kappa shape index (κ3) is 6.66. The van der Waals surface area contributed by atoms with Crippen LogP contribution in [0.3, 0.4) is 0 Å². The first-order valence-electron chi connectivity index (χ1n) is 10.9. The van der Waals surface area contributed by atoms with Crippen LogP contribution >= 0.6 is 0 Å². The molecule has 2 aromatic carbocycles. The van der Waals surface area contributed by atoms with Gasteiger partial charge in [-0.1, -0.05) is 32.0 Å². The topological polar surface area (TPSA) is 120 Å². The molecule has 0 spiro atoms. The summed E-state index contributed by atoms with van der Waals surface area (Å²) in [7, 11) is 0. The molecule has 0 saturated carbocycles. The van der Waals surface area contributed by atoms with E-state index in [0.717, 1.165) is 24.4 Å². The van der Waals surface area contributed by atoms with Crippen molar-refractivity contribution in [2.75, 3.05) is 5.32 Å². The number of hydrogen-bond acceptors (Lipinski definition) is 5. The van der Waals surface area contributed by atoms with Gasteiger partial charge in [-0.25, -0.2) is 9.78 Å². The van der Waals surface area contributed by atoms with E-state index in [9.17, 15) is 18.0 Å². The number of fused-ring (bicyclic) bond motifs is 1. The molecule has 11 heteroatoms. The third-order valence-electron chi connectivity index (χ3n) is 5.34. The van der Waals surface area contributed by atoms with Crippen LogP contribution in [0.25, 0.3) is 11.4 Å². The Hall–Kier alpha value is -3.73. The van der Waals surface area contributed by atoms with E-state index in [-0.39, 0.29) is 11.8 Å². The van der Waals surface area contributed by atoms with Crippen LogP contribution in [-0.4, -0.2) is 44.4 Å². The molecule has 8 nitrogen and oxygen atoms in total.